The van der Waals surface area contributed by atoms with E-state index in [1.807, 2.05) is 6.07 Å². The Bertz CT molecular complexity index is 483. The van der Waals surface area contributed by atoms with Gasteiger partial charge < -0.3 is 15.2 Å². The molecule has 0 aliphatic carbocycles. The second kappa shape index (κ2) is 8.54. The minimum Gasteiger partial charge on any atom is -0.481 e. The number of nitrogens with one attached hydrogen (secondary N) is 1. The third kappa shape index (κ3) is 5.15. The van der Waals surface area contributed by atoms with Crippen LogP contribution < -0.4 is 5.32 Å². The summed E-state index contributed by atoms with van der Waals surface area (Å²) < 4.78 is 5.59. The lowest BCUT2D eigenvalue weighted by atomic mass is 9.99. The standard InChI is InChI=1S/C17H23NO4/c19-16(10-9-14-8-4-5-11-22-14)18-12-15(17(20)21)13-6-2-1-3-7-13/h1-3,6-7,14-15H,4-5,8-12H2,(H,18,19)(H,20,21). The maximum atomic E-state index is 11.9. The summed E-state index contributed by atoms with van der Waals surface area (Å²) in [6.45, 7) is 0.894. The molecule has 1 saturated heterocycles. The van der Waals surface area contributed by atoms with Gasteiger partial charge in [-0.15, -0.1) is 0 Å². The molecule has 1 aliphatic heterocycles. The molecular weight excluding hydrogens is 282 g/mol. The van der Waals surface area contributed by atoms with Gasteiger partial charge in [-0.3, -0.25) is 9.59 Å². The Hall–Kier alpha value is -1.88. The van der Waals surface area contributed by atoms with E-state index >= 15 is 0 Å². The van der Waals surface area contributed by atoms with E-state index < -0.39 is 11.9 Å². The van der Waals surface area contributed by atoms with Crippen LogP contribution in [0.15, 0.2) is 30.3 Å². The summed E-state index contributed by atoms with van der Waals surface area (Å²) in [7, 11) is 0. The van der Waals surface area contributed by atoms with Crippen LogP contribution in [0.1, 0.15) is 43.6 Å². The predicted octanol–water partition coefficient (Wildman–Crippen LogP) is 2.32. The monoisotopic (exact) mass is 305 g/mol. The largest absolute Gasteiger partial charge is 0.481 e. The fourth-order valence-electron chi connectivity index (χ4n) is 2.66. The lowest BCUT2D eigenvalue weighted by Crippen LogP contribution is -2.32. The van der Waals surface area contributed by atoms with E-state index in [4.69, 9.17) is 4.74 Å². The molecule has 120 valence electrons. The number of hydrogen-bond acceptors (Lipinski definition) is 3. The Morgan fingerprint density at radius 3 is 2.68 bits per heavy atom. The summed E-state index contributed by atoms with van der Waals surface area (Å²) in [5, 5.41) is 12.0. The van der Waals surface area contributed by atoms with E-state index in [1.54, 1.807) is 24.3 Å². The molecule has 0 aromatic heterocycles. The maximum absolute atomic E-state index is 11.9. The Labute approximate surface area is 130 Å². The molecule has 0 saturated carbocycles. The minimum absolute atomic E-state index is 0.114. The molecule has 2 rings (SSSR count). The van der Waals surface area contributed by atoms with Crippen LogP contribution in [0.5, 0.6) is 0 Å². The molecule has 22 heavy (non-hydrogen) atoms. The molecule has 1 aromatic carbocycles. The van der Waals surface area contributed by atoms with Gasteiger partial charge in [0.2, 0.25) is 5.91 Å². The third-order valence-corrected chi connectivity index (χ3v) is 3.97. The van der Waals surface area contributed by atoms with E-state index in [0.29, 0.717) is 18.4 Å². The topological polar surface area (TPSA) is 75.6 Å². The molecule has 1 heterocycles. The van der Waals surface area contributed by atoms with Gasteiger partial charge in [-0.2, -0.15) is 0 Å². The zero-order valence-corrected chi connectivity index (χ0v) is 12.7. The zero-order valence-electron chi connectivity index (χ0n) is 12.7. The molecule has 1 amide bonds. The highest BCUT2D eigenvalue weighted by molar-refractivity contribution is 5.79. The third-order valence-electron chi connectivity index (χ3n) is 3.97. The van der Waals surface area contributed by atoms with Crippen LogP contribution in [0, 0.1) is 0 Å². The van der Waals surface area contributed by atoms with Crippen molar-refractivity contribution in [3.63, 3.8) is 0 Å². The SMILES string of the molecule is O=C(CCC1CCCCO1)NCC(C(=O)O)c1ccccc1. The number of carbonyl (C=O) groups is 2. The van der Waals surface area contributed by atoms with Crippen molar-refractivity contribution in [3.05, 3.63) is 35.9 Å². The summed E-state index contributed by atoms with van der Waals surface area (Å²) >= 11 is 0. The number of benzene rings is 1. The maximum Gasteiger partial charge on any atom is 0.312 e. The fourth-order valence-corrected chi connectivity index (χ4v) is 2.66. The van der Waals surface area contributed by atoms with Gasteiger partial charge >= 0.3 is 5.97 Å². The summed E-state index contributed by atoms with van der Waals surface area (Å²) in [5.41, 5.74) is 0.700. The van der Waals surface area contributed by atoms with Gasteiger partial charge in [-0.1, -0.05) is 30.3 Å². The first-order chi connectivity index (χ1) is 10.7. The van der Waals surface area contributed by atoms with Gasteiger partial charge in [0.05, 0.1) is 12.0 Å². The van der Waals surface area contributed by atoms with Crippen molar-refractivity contribution in [1.82, 2.24) is 5.32 Å². The van der Waals surface area contributed by atoms with Crippen molar-refractivity contribution in [2.75, 3.05) is 13.2 Å². The van der Waals surface area contributed by atoms with Crippen molar-refractivity contribution >= 4 is 11.9 Å². The van der Waals surface area contributed by atoms with Crippen LogP contribution >= 0.6 is 0 Å². The number of carboxylic acids is 1. The predicted molar refractivity (Wildman–Crippen MR) is 82.7 cm³/mol. The molecule has 0 bridgehead atoms. The molecule has 2 unspecified atom stereocenters. The molecule has 1 aliphatic rings. The molecule has 0 spiro atoms. The van der Waals surface area contributed by atoms with Crippen molar-refractivity contribution in [2.24, 2.45) is 0 Å². The first-order valence-corrected chi connectivity index (χ1v) is 7.83. The van der Waals surface area contributed by atoms with E-state index in [2.05, 4.69) is 5.32 Å². The van der Waals surface area contributed by atoms with Crippen molar-refractivity contribution < 1.29 is 19.4 Å². The van der Waals surface area contributed by atoms with Crippen molar-refractivity contribution in [3.8, 4) is 0 Å². The van der Waals surface area contributed by atoms with Gasteiger partial charge in [0, 0.05) is 19.6 Å². The smallest absolute Gasteiger partial charge is 0.312 e. The second-order valence-electron chi connectivity index (χ2n) is 5.63. The summed E-state index contributed by atoms with van der Waals surface area (Å²) in [6.07, 6.45) is 4.51. The number of carbonyl (C=O) groups excluding carboxylic acids is 1. The molecule has 2 N–H and O–H groups in total. The van der Waals surface area contributed by atoms with Crippen LogP contribution in [0.3, 0.4) is 0 Å². The lowest BCUT2D eigenvalue weighted by Gasteiger charge is -2.22. The van der Waals surface area contributed by atoms with Gasteiger partial charge in [0.15, 0.2) is 0 Å². The lowest BCUT2D eigenvalue weighted by molar-refractivity contribution is -0.138. The number of ether oxygens (including phenoxy) is 1. The Balaban J connectivity index is 1.77. The quantitative estimate of drug-likeness (QED) is 0.810. The highest BCUT2D eigenvalue weighted by atomic mass is 16.5. The van der Waals surface area contributed by atoms with Gasteiger partial charge in [0.25, 0.3) is 0 Å². The summed E-state index contributed by atoms with van der Waals surface area (Å²) in [5.74, 6) is -1.76. The first kappa shape index (κ1) is 16.5. The van der Waals surface area contributed by atoms with Gasteiger partial charge in [-0.25, -0.2) is 0 Å². The van der Waals surface area contributed by atoms with E-state index in [1.165, 1.54) is 0 Å². The fraction of sp³-hybridized carbons (Fsp3) is 0.529. The van der Waals surface area contributed by atoms with E-state index in [0.717, 1.165) is 25.9 Å². The average molecular weight is 305 g/mol. The molecule has 5 heteroatoms. The van der Waals surface area contributed by atoms with Crippen LogP contribution in [0.4, 0.5) is 0 Å². The first-order valence-electron chi connectivity index (χ1n) is 7.83. The number of hydrogen-bond donors (Lipinski definition) is 2. The van der Waals surface area contributed by atoms with Gasteiger partial charge in [0.1, 0.15) is 0 Å². The van der Waals surface area contributed by atoms with Crippen molar-refractivity contribution in [1.29, 1.82) is 0 Å². The van der Waals surface area contributed by atoms with E-state index in [-0.39, 0.29) is 18.6 Å². The molecule has 1 fully saturated rings. The highest BCUT2D eigenvalue weighted by Crippen LogP contribution is 2.17. The molecule has 5 nitrogen and oxygen atoms in total. The molecular formula is C17H23NO4. The number of aliphatic carboxylic acids is 1. The van der Waals surface area contributed by atoms with Gasteiger partial charge in [-0.05, 0) is 31.2 Å². The summed E-state index contributed by atoms with van der Waals surface area (Å²) in [6, 6.07) is 8.97. The number of rotatable bonds is 7. The van der Waals surface area contributed by atoms with E-state index in [9.17, 15) is 14.7 Å². The second-order valence-corrected chi connectivity index (χ2v) is 5.63. The zero-order chi connectivity index (χ0) is 15.8. The Morgan fingerprint density at radius 2 is 2.05 bits per heavy atom. The molecule has 2 atom stereocenters. The minimum atomic E-state index is -0.929. The van der Waals surface area contributed by atoms with Crippen LogP contribution in [0.2, 0.25) is 0 Å². The number of amides is 1. The van der Waals surface area contributed by atoms with Crippen molar-refractivity contribution in [2.45, 2.75) is 44.1 Å². The average Bonchev–Trinajstić information content (AvgIpc) is 2.55. The molecule has 0 radical (unpaired) electrons. The van der Waals surface area contributed by atoms with Crippen LogP contribution in [-0.4, -0.2) is 36.2 Å². The van der Waals surface area contributed by atoms with Crippen LogP contribution in [0.25, 0.3) is 0 Å². The number of carboxylic acid groups (broad SMARTS) is 1. The summed E-state index contributed by atoms with van der Waals surface area (Å²) in [4.78, 5) is 23.2. The molecule has 1 aromatic rings. The van der Waals surface area contributed by atoms with Crippen LogP contribution in [-0.2, 0) is 14.3 Å². The highest BCUT2D eigenvalue weighted by Gasteiger charge is 2.21. The Kier molecular flexibility index (Phi) is 6.40. The normalized spacial score (nSPS) is 19.4. The Morgan fingerprint density at radius 1 is 1.27 bits per heavy atom.